The maximum atomic E-state index is 12.3. The molecule has 6 nitrogen and oxygen atoms in total. The number of nitrogens with zero attached hydrogens (tertiary/aromatic N) is 3. The minimum absolute atomic E-state index is 0.135. The molecule has 0 bridgehead atoms. The Morgan fingerprint density at radius 3 is 2.96 bits per heavy atom. The number of hydrogen-bond acceptors (Lipinski definition) is 5. The number of amides is 1. The zero-order valence-electron chi connectivity index (χ0n) is 13.8. The predicted octanol–water partition coefficient (Wildman–Crippen LogP) is 3.85. The van der Waals surface area contributed by atoms with Gasteiger partial charge in [0.25, 0.3) is 0 Å². The van der Waals surface area contributed by atoms with Gasteiger partial charge in [0.1, 0.15) is 17.2 Å². The zero-order valence-corrected chi connectivity index (χ0v) is 14.6. The number of thiazole rings is 1. The van der Waals surface area contributed by atoms with E-state index in [1.54, 1.807) is 0 Å². The number of fused-ring (bicyclic) bond motifs is 1. The van der Waals surface area contributed by atoms with Crippen LogP contribution in [0, 0.1) is 13.8 Å². The molecule has 4 aromatic heterocycles. The van der Waals surface area contributed by atoms with Gasteiger partial charge >= 0.3 is 0 Å². The Morgan fingerprint density at radius 1 is 1.32 bits per heavy atom. The normalized spacial score (nSPS) is 11.1. The lowest BCUT2D eigenvalue weighted by Crippen LogP contribution is -2.14. The number of aromatic nitrogens is 3. The average Bonchev–Trinajstić information content (AvgIpc) is 3.25. The molecular weight excluding hydrogens is 336 g/mol. The van der Waals surface area contributed by atoms with Crippen LogP contribution in [-0.2, 0) is 11.2 Å². The number of furan rings is 1. The van der Waals surface area contributed by atoms with E-state index >= 15 is 0 Å². The molecule has 0 atom stereocenters. The van der Waals surface area contributed by atoms with Gasteiger partial charge in [0.15, 0.2) is 5.13 Å². The smallest absolute Gasteiger partial charge is 0.232 e. The SMILES string of the molecule is Cc1cc(-c2csc(NC(=O)Cc3cn4ccccc4n3)n2)c(C)o1. The van der Waals surface area contributed by atoms with Gasteiger partial charge in [-0.25, -0.2) is 9.97 Å². The summed E-state index contributed by atoms with van der Waals surface area (Å²) in [6, 6.07) is 7.70. The fraction of sp³-hybridized carbons (Fsp3) is 0.167. The second-order valence-corrected chi connectivity index (χ2v) is 6.65. The van der Waals surface area contributed by atoms with Crippen molar-refractivity contribution >= 4 is 28.0 Å². The van der Waals surface area contributed by atoms with Crippen LogP contribution in [0.25, 0.3) is 16.9 Å². The van der Waals surface area contributed by atoms with Crippen molar-refractivity contribution in [2.75, 3.05) is 5.32 Å². The fourth-order valence-electron chi connectivity index (χ4n) is 2.74. The molecule has 4 heterocycles. The summed E-state index contributed by atoms with van der Waals surface area (Å²) in [6.07, 6.45) is 3.98. The van der Waals surface area contributed by atoms with Crippen molar-refractivity contribution in [2.24, 2.45) is 0 Å². The third kappa shape index (κ3) is 3.18. The first-order chi connectivity index (χ1) is 12.1. The Kier molecular flexibility index (Phi) is 3.85. The summed E-state index contributed by atoms with van der Waals surface area (Å²) in [5, 5.41) is 5.33. The summed E-state index contributed by atoms with van der Waals surface area (Å²) >= 11 is 1.40. The average molecular weight is 352 g/mol. The minimum atomic E-state index is -0.135. The van der Waals surface area contributed by atoms with Crippen LogP contribution >= 0.6 is 11.3 Å². The van der Waals surface area contributed by atoms with E-state index in [2.05, 4.69) is 15.3 Å². The number of pyridine rings is 1. The van der Waals surface area contributed by atoms with Crippen molar-refractivity contribution < 1.29 is 9.21 Å². The van der Waals surface area contributed by atoms with E-state index in [-0.39, 0.29) is 12.3 Å². The van der Waals surface area contributed by atoms with Crippen LogP contribution in [0.1, 0.15) is 17.2 Å². The van der Waals surface area contributed by atoms with Gasteiger partial charge in [-0.2, -0.15) is 0 Å². The van der Waals surface area contributed by atoms with Crippen LogP contribution in [0.3, 0.4) is 0 Å². The second kappa shape index (κ2) is 6.18. The molecule has 0 aliphatic carbocycles. The van der Waals surface area contributed by atoms with Crippen LogP contribution in [0.15, 0.2) is 46.5 Å². The molecule has 1 amide bonds. The number of anilines is 1. The standard InChI is InChI=1S/C18H16N4O2S/c1-11-7-14(12(2)24-11)15-10-25-18(20-15)21-17(23)8-13-9-22-6-4-3-5-16(22)19-13/h3-7,9-10H,8H2,1-2H3,(H,20,21,23). The first kappa shape index (κ1) is 15.6. The van der Waals surface area contributed by atoms with E-state index in [9.17, 15) is 4.79 Å². The highest BCUT2D eigenvalue weighted by Crippen LogP contribution is 2.29. The van der Waals surface area contributed by atoms with Crippen molar-refractivity contribution in [3.63, 3.8) is 0 Å². The molecular formula is C18H16N4O2S. The Morgan fingerprint density at radius 2 is 2.20 bits per heavy atom. The van der Waals surface area contributed by atoms with Crippen LogP contribution < -0.4 is 5.32 Å². The molecule has 25 heavy (non-hydrogen) atoms. The number of nitrogens with one attached hydrogen (secondary N) is 1. The number of carbonyl (C=O) groups is 1. The maximum Gasteiger partial charge on any atom is 0.232 e. The predicted molar refractivity (Wildman–Crippen MR) is 96.8 cm³/mol. The maximum absolute atomic E-state index is 12.3. The number of hydrogen-bond donors (Lipinski definition) is 1. The van der Waals surface area contributed by atoms with E-state index in [0.29, 0.717) is 5.13 Å². The number of imidazole rings is 1. The molecule has 4 aromatic rings. The topological polar surface area (TPSA) is 72.4 Å². The minimum Gasteiger partial charge on any atom is -0.466 e. The third-order valence-corrected chi connectivity index (χ3v) is 4.58. The molecule has 0 saturated carbocycles. The lowest BCUT2D eigenvalue weighted by molar-refractivity contribution is -0.115. The van der Waals surface area contributed by atoms with Gasteiger partial charge in [-0.1, -0.05) is 6.07 Å². The van der Waals surface area contributed by atoms with E-state index in [4.69, 9.17) is 4.42 Å². The van der Waals surface area contributed by atoms with Crippen LogP contribution in [0.5, 0.6) is 0 Å². The van der Waals surface area contributed by atoms with Gasteiger partial charge in [0.2, 0.25) is 5.91 Å². The van der Waals surface area contributed by atoms with E-state index in [1.807, 2.05) is 60.3 Å². The molecule has 0 fully saturated rings. The Hall–Kier alpha value is -2.93. The van der Waals surface area contributed by atoms with Crippen LogP contribution in [-0.4, -0.2) is 20.3 Å². The van der Waals surface area contributed by atoms with Gasteiger partial charge in [-0.05, 0) is 32.0 Å². The van der Waals surface area contributed by atoms with Crippen LogP contribution in [0.2, 0.25) is 0 Å². The Balaban J connectivity index is 1.47. The molecule has 0 aliphatic heterocycles. The van der Waals surface area contributed by atoms with Crippen molar-refractivity contribution in [1.29, 1.82) is 0 Å². The highest BCUT2D eigenvalue weighted by molar-refractivity contribution is 7.14. The highest BCUT2D eigenvalue weighted by atomic mass is 32.1. The first-order valence-electron chi connectivity index (χ1n) is 7.84. The first-order valence-corrected chi connectivity index (χ1v) is 8.72. The molecule has 0 radical (unpaired) electrons. The lowest BCUT2D eigenvalue weighted by Gasteiger charge is -1.99. The molecule has 4 rings (SSSR count). The summed E-state index contributed by atoms with van der Waals surface area (Å²) < 4.78 is 7.43. The summed E-state index contributed by atoms with van der Waals surface area (Å²) in [5.74, 6) is 1.53. The van der Waals surface area contributed by atoms with Crippen molar-refractivity contribution in [2.45, 2.75) is 20.3 Å². The largest absolute Gasteiger partial charge is 0.466 e. The van der Waals surface area contributed by atoms with Crippen molar-refractivity contribution in [1.82, 2.24) is 14.4 Å². The van der Waals surface area contributed by atoms with Crippen molar-refractivity contribution in [3.05, 3.63) is 59.3 Å². The Bertz CT molecular complexity index is 1030. The van der Waals surface area contributed by atoms with Gasteiger partial charge in [0, 0.05) is 23.3 Å². The van der Waals surface area contributed by atoms with Crippen LogP contribution in [0.4, 0.5) is 5.13 Å². The van der Waals surface area contributed by atoms with Gasteiger partial charge < -0.3 is 14.1 Å². The van der Waals surface area contributed by atoms with Gasteiger partial charge in [0.05, 0.1) is 17.8 Å². The third-order valence-electron chi connectivity index (χ3n) is 3.82. The molecule has 1 N–H and O–H groups in total. The van der Waals surface area contributed by atoms with E-state index < -0.39 is 0 Å². The highest BCUT2D eigenvalue weighted by Gasteiger charge is 2.13. The molecule has 0 aromatic carbocycles. The fourth-order valence-corrected chi connectivity index (χ4v) is 3.47. The molecule has 0 spiro atoms. The quantitative estimate of drug-likeness (QED) is 0.605. The summed E-state index contributed by atoms with van der Waals surface area (Å²) in [4.78, 5) is 21.2. The monoisotopic (exact) mass is 352 g/mol. The van der Waals surface area contributed by atoms with Gasteiger partial charge in [-0.15, -0.1) is 11.3 Å². The summed E-state index contributed by atoms with van der Waals surface area (Å²) in [6.45, 7) is 3.81. The Labute approximate surface area is 148 Å². The second-order valence-electron chi connectivity index (χ2n) is 5.79. The molecule has 0 unspecified atom stereocenters. The number of carbonyl (C=O) groups excluding carboxylic acids is 1. The zero-order chi connectivity index (χ0) is 17.4. The molecule has 126 valence electrons. The van der Waals surface area contributed by atoms with E-state index in [0.717, 1.165) is 34.1 Å². The van der Waals surface area contributed by atoms with E-state index in [1.165, 1.54) is 11.3 Å². The number of aryl methyl sites for hydroxylation is 2. The number of rotatable bonds is 4. The van der Waals surface area contributed by atoms with Gasteiger partial charge in [-0.3, -0.25) is 4.79 Å². The summed E-state index contributed by atoms with van der Waals surface area (Å²) in [7, 11) is 0. The van der Waals surface area contributed by atoms with Crippen molar-refractivity contribution in [3.8, 4) is 11.3 Å². The molecule has 7 heteroatoms. The molecule has 0 saturated heterocycles. The summed E-state index contributed by atoms with van der Waals surface area (Å²) in [5.41, 5.74) is 3.31. The molecule has 0 aliphatic rings. The lowest BCUT2D eigenvalue weighted by atomic mass is 10.2.